The maximum atomic E-state index is 4.73. The van der Waals surface area contributed by atoms with E-state index < -0.39 is 0 Å². The topological polar surface area (TPSA) is 29.9 Å². The zero-order chi connectivity index (χ0) is 13.1. The van der Waals surface area contributed by atoms with Crippen LogP contribution in [-0.2, 0) is 6.54 Å². The molecule has 2 atom stereocenters. The molecule has 0 aromatic carbocycles. The molecule has 2 unspecified atom stereocenters. The van der Waals surface area contributed by atoms with E-state index in [4.69, 9.17) is 5.10 Å². The van der Waals surface area contributed by atoms with Gasteiger partial charge in [0, 0.05) is 12.7 Å². The molecule has 3 nitrogen and oxygen atoms in total. The normalized spacial score (nSPS) is 28.3. The van der Waals surface area contributed by atoms with Crippen LogP contribution in [-0.4, -0.2) is 16.3 Å². The smallest absolute Gasteiger partial charge is 0.0762 e. The minimum absolute atomic E-state index is 0.671. The molecular formula is C16H27N3. The molecule has 0 aliphatic heterocycles. The van der Waals surface area contributed by atoms with E-state index in [0.717, 1.165) is 18.4 Å². The van der Waals surface area contributed by atoms with Gasteiger partial charge in [-0.3, -0.25) is 4.68 Å². The lowest BCUT2D eigenvalue weighted by Crippen LogP contribution is -2.21. The molecule has 2 fully saturated rings. The van der Waals surface area contributed by atoms with Gasteiger partial charge in [-0.1, -0.05) is 26.2 Å². The highest BCUT2D eigenvalue weighted by molar-refractivity contribution is 5.00. The van der Waals surface area contributed by atoms with Gasteiger partial charge in [0.25, 0.3) is 0 Å². The quantitative estimate of drug-likeness (QED) is 0.879. The zero-order valence-electron chi connectivity index (χ0n) is 12.1. The van der Waals surface area contributed by atoms with Crippen LogP contribution in [0.25, 0.3) is 0 Å². The van der Waals surface area contributed by atoms with E-state index in [1.165, 1.54) is 57.2 Å². The molecule has 3 rings (SSSR count). The number of nitrogens with one attached hydrogen (secondary N) is 1. The fraction of sp³-hybridized carbons (Fsp3) is 0.812. The van der Waals surface area contributed by atoms with E-state index in [-0.39, 0.29) is 0 Å². The first kappa shape index (κ1) is 13.2. The Morgan fingerprint density at radius 1 is 1.26 bits per heavy atom. The lowest BCUT2D eigenvalue weighted by atomic mass is 10.1. The molecule has 1 heterocycles. The van der Waals surface area contributed by atoms with Gasteiger partial charge in [-0.25, -0.2) is 0 Å². The Hall–Kier alpha value is -0.830. The minimum Gasteiger partial charge on any atom is -0.311 e. The first-order chi connectivity index (χ1) is 9.31. The molecule has 0 amide bonds. The molecule has 3 heteroatoms. The lowest BCUT2D eigenvalue weighted by Gasteiger charge is -2.11. The average molecular weight is 261 g/mol. The van der Waals surface area contributed by atoms with Gasteiger partial charge in [0.2, 0.25) is 0 Å². The van der Waals surface area contributed by atoms with E-state index in [1.807, 2.05) is 0 Å². The van der Waals surface area contributed by atoms with Gasteiger partial charge in [-0.05, 0) is 50.1 Å². The second kappa shape index (κ2) is 6.08. The van der Waals surface area contributed by atoms with Gasteiger partial charge < -0.3 is 5.32 Å². The van der Waals surface area contributed by atoms with Crippen LogP contribution in [0.2, 0.25) is 0 Å². The molecule has 0 radical (unpaired) electrons. The van der Waals surface area contributed by atoms with Crippen LogP contribution in [0.5, 0.6) is 0 Å². The van der Waals surface area contributed by atoms with E-state index in [2.05, 4.69) is 29.2 Å². The molecule has 2 saturated carbocycles. The molecular weight excluding hydrogens is 234 g/mol. The summed E-state index contributed by atoms with van der Waals surface area (Å²) in [6.45, 7) is 4.48. The maximum Gasteiger partial charge on any atom is 0.0762 e. The maximum absolute atomic E-state index is 4.73. The van der Waals surface area contributed by atoms with E-state index >= 15 is 0 Å². The Kier molecular flexibility index (Phi) is 4.21. The molecule has 106 valence electrons. The number of hydrogen-bond acceptors (Lipinski definition) is 2. The third kappa shape index (κ3) is 3.38. The second-order valence-corrected chi connectivity index (χ2v) is 6.64. The summed E-state index contributed by atoms with van der Waals surface area (Å²) in [4.78, 5) is 0. The van der Waals surface area contributed by atoms with Crippen LogP contribution >= 0.6 is 0 Å². The van der Waals surface area contributed by atoms with Crippen LogP contribution in [0.1, 0.15) is 63.6 Å². The summed E-state index contributed by atoms with van der Waals surface area (Å²) in [6.07, 6.45) is 11.8. The van der Waals surface area contributed by atoms with Crippen molar-refractivity contribution in [3.8, 4) is 0 Å². The Labute approximate surface area is 116 Å². The zero-order valence-corrected chi connectivity index (χ0v) is 12.1. The molecule has 1 N–H and O–H groups in total. The molecule has 19 heavy (non-hydrogen) atoms. The fourth-order valence-corrected chi connectivity index (χ4v) is 3.76. The van der Waals surface area contributed by atoms with Gasteiger partial charge in [0.15, 0.2) is 0 Å². The third-order valence-corrected chi connectivity index (χ3v) is 4.90. The SMILES string of the molecule is CC1CCC(CNCc2ccn(C3CCCC3)n2)C1. The second-order valence-electron chi connectivity index (χ2n) is 6.64. The van der Waals surface area contributed by atoms with Crippen molar-refractivity contribution in [2.45, 2.75) is 64.5 Å². The van der Waals surface area contributed by atoms with E-state index in [1.54, 1.807) is 0 Å². The lowest BCUT2D eigenvalue weighted by molar-refractivity contribution is 0.450. The van der Waals surface area contributed by atoms with Crippen molar-refractivity contribution in [3.05, 3.63) is 18.0 Å². The Morgan fingerprint density at radius 2 is 2.11 bits per heavy atom. The monoisotopic (exact) mass is 261 g/mol. The first-order valence-electron chi connectivity index (χ1n) is 8.06. The van der Waals surface area contributed by atoms with Gasteiger partial charge >= 0.3 is 0 Å². The van der Waals surface area contributed by atoms with Crippen molar-refractivity contribution < 1.29 is 0 Å². The molecule has 2 aliphatic rings. The molecule has 0 saturated heterocycles. The fourth-order valence-electron chi connectivity index (χ4n) is 3.76. The van der Waals surface area contributed by atoms with Crippen LogP contribution < -0.4 is 5.32 Å². The molecule has 2 aliphatic carbocycles. The molecule has 0 bridgehead atoms. The van der Waals surface area contributed by atoms with Crippen LogP contribution in [0.4, 0.5) is 0 Å². The third-order valence-electron chi connectivity index (χ3n) is 4.90. The summed E-state index contributed by atoms with van der Waals surface area (Å²) in [5.41, 5.74) is 1.21. The molecule has 0 spiro atoms. The summed E-state index contributed by atoms with van der Waals surface area (Å²) < 4.78 is 2.20. The molecule has 1 aromatic rings. The van der Waals surface area contributed by atoms with E-state index in [9.17, 15) is 0 Å². The van der Waals surface area contributed by atoms with Crippen LogP contribution in [0.15, 0.2) is 12.3 Å². The van der Waals surface area contributed by atoms with Gasteiger partial charge in [0.05, 0.1) is 11.7 Å². The van der Waals surface area contributed by atoms with Crippen molar-refractivity contribution in [1.82, 2.24) is 15.1 Å². The predicted molar refractivity (Wildman–Crippen MR) is 77.9 cm³/mol. The summed E-state index contributed by atoms with van der Waals surface area (Å²) in [5, 5.41) is 8.32. The van der Waals surface area contributed by atoms with Crippen LogP contribution in [0, 0.1) is 11.8 Å². The number of rotatable bonds is 5. The summed E-state index contributed by atoms with van der Waals surface area (Å²) in [5.74, 6) is 1.83. The summed E-state index contributed by atoms with van der Waals surface area (Å²) in [7, 11) is 0. The van der Waals surface area contributed by atoms with Gasteiger partial charge in [-0.2, -0.15) is 5.10 Å². The Morgan fingerprint density at radius 3 is 2.84 bits per heavy atom. The van der Waals surface area contributed by atoms with Crippen molar-refractivity contribution in [1.29, 1.82) is 0 Å². The number of nitrogens with zero attached hydrogens (tertiary/aromatic N) is 2. The van der Waals surface area contributed by atoms with Gasteiger partial charge in [0.1, 0.15) is 0 Å². The largest absolute Gasteiger partial charge is 0.311 e. The van der Waals surface area contributed by atoms with Crippen LogP contribution in [0.3, 0.4) is 0 Å². The minimum atomic E-state index is 0.671. The van der Waals surface area contributed by atoms with Crippen molar-refractivity contribution >= 4 is 0 Å². The highest BCUT2D eigenvalue weighted by atomic mass is 15.3. The highest BCUT2D eigenvalue weighted by Gasteiger charge is 2.21. The average Bonchev–Trinajstić information content (AvgIpc) is 3.09. The van der Waals surface area contributed by atoms with Crippen molar-refractivity contribution in [3.63, 3.8) is 0 Å². The van der Waals surface area contributed by atoms with Crippen molar-refractivity contribution in [2.24, 2.45) is 11.8 Å². The van der Waals surface area contributed by atoms with E-state index in [0.29, 0.717) is 6.04 Å². The number of aromatic nitrogens is 2. The first-order valence-corrected chi connectivity index (χ1v) is 8.06. The molecule has 1 aromatic heterocycles. The van der Waals surface area contributed by atoms with Gasteiger partial charge in [-0.15, -0.1) is 0 Å². The number of hydrogen-bond donors (Lipinski definition) is 1. The summed E-state index contributed by atoms with van der Waals surface area (Å²) >= 11 is 0. The Balaban J connectivity index is 1.42. The van der Waals surface area contributed by atoms with Crippen molar-refractivity contribution in [2.75, 3.05) is 6.54 Å². The standard InChI is InChI=1S/C16H27N3/c1-13-6-7-14(10-13)11-17-12-15-8-9-19(18-15)16-4-2-3-5-16/h8-9,13-14,16-17H,2-7,10-12H2,1H3. The Bertz CT molecular complexity index is 392. The predicted octanol–water partition coefficient (Wildman–Crippen LogP) is 3.52. The summed E-state index contributed by atoms with van der Waals surface area (Å²) in [6, 6.07) is 2.85. The highest BCUT2D eigenvalue weighted by Crippen LogP contribution is 2.30.